The van der Waals surface area contributed by atoms with Crippen LogP contribution in [-0.2, 0) is 16.2 Å². The van der Waals surface area contributed by atoms with Crippen molar-refractivity contribution in [2.24, 2.45) is 0 Å². The standard InChI is InChI=1S/C31H26N2O4/c1-19-9-12-22(13-10-19)18-37-28-15-14-23-6-4-5-7-24(23)25(28)17-26-29(34)32-31(36)33(30(26)35)27-16-20(2)8-11-21(27)3/h4-17H,18H2,1-3H3,(H,32,34,36)/b26-17+. The highest BCUT2D eigenvalue weighted by Crippen LogP contribution is 2.33. The zero-order valence-electron chi connectivity index (χ0n) is 20.9. The molecule has 1 heterocycles. The van der Waals surface area contributed by atoms with E-state index in [-0.39, 0.29) is 5.57 Å². The average molecular weight is 491 g/mol. The lowest BCUT2D eigenvalue weighted by atomic mass is 9.99. The summed E-state index contributed by atoms with van der Waals surface area (Å²) in [7, 11) is 0. The molecule has 5 rings (SSSR count). The maximum Gasteiger partial charge on any atom is 0.335 e. The van der Waals surface area contributed by atoms with Gasteiger partial charge in [0.15, 0.2) is 0 Å². The third-order valence-corrected chi connectivity index (χ3v) is 6.44. The number of nitrogens with zero attached hydrogens (tertiary/aromatic N) is 1. The minimum absolute atomic E-state index is 0.142. The number of ether oxygens (including phenoxy) is 1. The third-order valence-electron chi connectivity index (χ3n) is 6.44. The van der Waals surface area contributed by atoms with Crippen molar-refractivity contribution in [3.05, 3.63) is 112 Å². The lowest BCUT2D eigenvalue weighted by molar-refractivity contribution is -0.122. The summed E-state index contributed by atoms with van der Waals surface area (Å²) in [5, 5.41) is 4.08. The van der Waals surface area contributed by atoms with Gasteiger partial charge in [-0.25, -0.2) is 9.69 Å². The van der Waals surface area contributed by atoms with Crippen LogP contribution in [0.25, 0.3) is 16.8 Å². The first-order valence-electron chi connectivity index (χ1n) is 12.0. The molecule has 4 aromatic rings. The number of fused-ring (bicyclic) bond motifs is 1. The molecule has 4 aromatic carbocycles. The van der Waals surface area contributed by atoms with E-state index in [2.05, 4.69) is 5.32 Å². The van der Waals surface area contributed by atoms with Crippen molar-refractivity contribution in [2.45, 2.75) is 27.4 Å². The van der Waals surface area contributed by atoms with Crippen LogP contribution >= 0.6 is 0 Å². The Hall–Kier alpha value is -4.71. The van der Waals surface area contributed by atoms with E-state index in [1.165, 1.54) is 6.08 Å². The second kappa shape index (κ2) is 9.74. The molecule has 0 radical (unpaired) electrons. The van der Waals surface area contributed by atoms with E-state index in [4.69, 9.17) is 4.74 Å². The molecule has 1 aliphatic rings. The summed E-state index contributed by atoms with van der Waals surface area (Å²) < 4.78 is 6.18. The number of amides is 4. The summed E-state index contributed by atoms with van der Waals surface area (Å²) >= 11 is 0. The van der Waals surface area contributed by atoms with Gasteiger partial charge in [-0.05, 0) is 66.4 Å². The molecule has 4 amide bonds. The van der Waals surface area contributed by atoms with E-state index in [0.717, 1.165) is 37.9 Å². The summed E-state index contributed by atoms with van der Waals surface area (Å²) in [5.41, 5.74) is 4.69. The van der Waals surface area contributed by atoms with Gasteiger partial charge < -0.3 is 4.74 Å². The summed E-state index contributed by atoms with van der Waals surface area (Å²) in [4.78, 5) is 40.3. The Morgan fingerprint density at radius 1 is 0.838 bits per heavy atom. The topological polar surface area (TPSA) is 75.7 Å². The number of hydrogen-bond acceptors (Lipinski definition) is 4. The number of aryl methyl sites for hydroxylation is 3. The number of imide groups is 2. The molecule has 184 valence electrons. The molecule has 0 bridgehead atoms. The van der Waals surface area contributed by atoms with Gasteiger partial charge in [-0.1, -0.05) is 72.3 Å². The van der Waals surface area contributed by atoms with Gasteiger partial charge in [0.05, 0.1) is 5.69 Å². The zero-order chi connectivity index (χ0) is 26.1. The molecular weight excluding hydrogens is 464 g/mol. The Balaban J connectivity index is 1.59. The van der Waals surface area contributed by atoms with Gasteiger partial charge in [-0.15, -0.1) is 0 Å². The van der Waals surface area contributed by atoms with E-state index in [1.54, 1.807) is 6.07 Å². The molecule has 1 N–H and O–H groups in total. The molecule has 1 fully saturated rings. The molecular formula is C31H26N2O4. The Labute approximate surface area is 215 Å². The van der Waals surface area contributed by atoms with Crippen LogP contribution in [0.15, 0.2) is 84.4 Å². The average Bonchev–Trinajstić information content (AvgIpc) is 2.88. The minimum atomic E-state index is -0.769. The Morgan fingerprint density at radius 3 is 2.35 bits per heavy atom. The minimum Gasteiger partial charge on any atom is -0.488 e. The number of benzene rings is 4. The second-order valence-electron chi connectivity index (χ2n) is 9.22. The number of nitrogens with one attached hydrogen (secondary N) is 1. The molecule has 0 atom stereocenters. The first-order chi connectivity index (χ1) is 17.8. The van der Waals surface area contributed by atoms with Crippen molar-refractivity contribution < 1.29 is 19.1 Å². The second-order valence-corrected chi connectivity index (χ2v) is 9.22. The van der Waals surface area contributed by atoms with E-state index < -0.39 is 17.8 Å². The van der Waals surface area contributed by atoms with Gasteiger partial charge >= 0.3 is 6.03 Å². The van der Waals surface area contributed by atoms with Gasteiger partial charge in [0.1, 0.15) is 17.9 Å². The van der Waals surface area contributed by atoms with Crippen LogP contribution < -0.4 is 15.0 Å². The molecule has 37 heavy (non-hydrogen) atoms. The zero-order valence-corrected chi connectivity index (χ0v) is 20.9. The fourth-order valence-corrected chi connectivity index (χ4v) is 4.38. The molecule has 6 heteroatoms. The number of hydrogen-bond donors (Lipinski definition) is 1. The lowest BCUT2D eigenvalue weighted by Crippen LogP contribution is -2.54. The number of carbonyl (C=O) groups excluding carboxylic acids is 3. The largest absolute Gasteiger partial charge is 0.488 e. The Morgan fingerprint density at radius 2 is 1.57 bits per heavy atom. The van der Waals surface area contributed by atoms with Crippen molar-refractivity contribution in [3.63, 3.8) is 0 Å². The maximum absolute atomic E-state index is 13.6. The molecule has 0 spiro atoms. The smallest absolute Gasteiger partial charge is 0.335 e. The molecule has 1 aliphatic heterocycles. The molecule has 0 aliphatic carbocycles. The first kappa shape index (κ1) is 24.0. The normalized spacial score (nSPS) is 14.8. The highest BCUT2D eigenvalue weighted by atomic mass is 16.5. The first-order valence-corrected chi connectivity index (χ1v) is 12.0. The van der Waals surface area contributed by atoms with Crippen molar-refractivity contribution in [3.8, 4) is 5.75 Å². The van der Waals surface area contributed by atoms with Gasteiger partial charge in [0.2, 0.25) is 0 Å². The number of carbonyl (C=O) groups is 3. The molecule has 0 saturated carbocycles. The van der Waals surface area contributed by atoms with Gasteiger partial charge in [-0.2, -0.15) is 0 Å². The van der Waals surface area contributed by atoms with Crippen LogP contribution in [0, 0.1) is 20.8 Å². The van der Waals surface area contributed by atoms with Crippen molar-refractivity contribution in [1.82, 2.24) is 5.32 Å². The Kier molecular flexibility index (Phi) is 6.32. The fraction of sp³-hybridized carbons (Fsp3) is 0.129. The van der Waals surface area contributed by atoms with Crippen LogP contribution in [-0.4, -0.2) is 17.8 Å². The summed E-state index contributed by atoms with van der Waals surface area (Å²) in [6.45, 7) is 6.04. The Bertz CT molecular complexity index is 1590. The number of anilines is 1. The predicted molar refractivity (Wildman–Crippen MR) is 144 cm³/mol. The van der Waals surface area contributed by atoms with E-state index >= 15 is 0 Å². The van der Waals surface area contributed by atoms with E-state index in [0.29, 0.717) is 23.6 Å². The summed E-state index contributed by atoms with van der Waals surface area (Å²) in [6.07, 6.45) is 1.52. The molecule has 1 saturated heterocycles. The monoisotopic (exact) mass is 490 g/mol. The van der Waals surface area contributed by atoms with Crippen LogP contribution in [0.2, 0.25) is 0 Å². The van der Waals surface area contributed by atoms with Crippen LogP contribution in [0.3, 0.4) is 0 Å². The van der Waals surface area contributed by atoms with Gasteiger partial charge in [-0.3, -0.25) is 14.9 Å². The predicted octanol–water partition coefficient (Wildman–Crippen LogP) is 6.01. The van der Waals surface area contributed by atoms with Gasteiger partial charge in [0, 0.05) is 5.56 Å². The quantitative estimate of drug-likeness (QED) is 0.275. The van der Waals surface area contributed by atoms with Gasteiger partial charge in [0.25, 0.3) is 11.8 Å². The van der Waals surface area contributed by atoms with Crippen LogP contribution in [0.4, 0.5) is 10.5 Å². The fourth-order valence-electron chi connectivity index (χ4n) is 4.38. The third kappa shape index (κ3) is 4.74. The lowest BCUT2D eigenvalue weighted by Gasteiger charge is -2.28. The highest BCUT2D eigenvalue weighted by molar-refractivity contribution is 6.39. The summed E-state index contributed by atoms with van der Waals surface area (Å²) in [6, 6.07) is 24.2. The highest BCUT2D eigenvalue weighted by Gasteiger charge is 2.37. The maximum atomic E-state index is 13.6. The number of barbiturate groups is 1. The SMILES string of the molecule is Cc1ccc(COc2ccc3ccccc3c2/C=C2\C(=O)NC(=O)N(c3cc(C)ccc3C)C2=O)cc1. The van der Waals surface area contributed by atoms with Crippen LogP contribution in [0.1, 0.15) is 27.8 Å². The van der Waals surface area contributed by atoms with E-state index in [1.807, 2.05) is 93.6 Å². The number of rotatable bonds is 5. The van der Waals surface area contributed by atoms with E-state index in [9.17, 15) is 14.4 Å². The molecule has 6 nitrogen and oxygen atoms in total. The van der Waals surface area contributed by atoms with Crippen molar-refractivity contribution >= 4 is 40.4 Å². The van der Waals surface area contributed by atoms with Crippen LogP contribution in [0.5, 0.6) is 5.75 Å². The molecule has 0 unspecified atom stereocenters. The summed E-state index contributed by atoms with van der Waals surface area (Å²) in [5.74, 6) is -0.892. The van der Waals surface area contributed by atoms with Crippen molar-refractivity contribution in [1.29, 1.82) is 0 Å². The molecule has 0 aromatic heterocycles. The number of urea groups is 1. The van der Waals surface area contributed by atoms with Crippen molar-refractivity contribution in [2.75, 3.05) is 4.90 Å².